The number of rotatable bonds is 18. The first kappa shape index (κ1) is 39.6. The van der Waals surface area contributed by atoms with E-state index >= 15 is 0 Å². The molecule has 0 bridgehead atoms. The first-order valence-electron chi connectivity index (χ1n) is 19.9. The van der Waals surface area contributed by atoms with Gasteiger partial charge in [-0.2, -0.15) is 0 Å². The molecule has 1 fully saturated rings. The van der Waals surface area contributed by atoms with Crippen LogP contribution >= 0.6 is 11.3 Å². The van der Waals surface area contributed by atoms with E-state index in [1.165, 1.54) is 34.6 Å². The number of aromatic amines is 1. The van der Waals surface area contributed by atoms with E-state index in [0.717, 1.165) is 73.5 Å². The predicted molar refractivity (Wildman–Crippen MR) is 220 cm³/mol. The molecule has 1 aliphatic heterocycles. The predicted octanol–water partition coefficient (Wildman–Crippen LogP) is 6.75. The first-order chi connectivity index (χ1) is 27.3. The second-order valence-electron chi connectivity index (χ2n) is 15.2. The zero-order chi connectivity index (χ0) is 38.9. The fraction of sp³-hybridized carbons (Fsp3) is 0.400. The summed E-state index contributed by atoms with van der Waals surface area (Å²) in [6.45, 7) is 4.86. The quantitative estimate of drug-likeness (QED) is 0.0371. The molecular formula is C45H52N4O6S. The second kappa shape index (κ2) is 18.5. The van der Waals surface area contributed by atoms with Crippen molar-refractivity contribution >= 4 is 34.0 Å². The van der Waals surface area contributed by atoms with Gasteiger partial charge in [0.2, 0.25) is 5.56 Å². The summed E-state index contributed by atoms with van der Waals surface area (Å²) in [5.41, 5.74) is 3.20. The Morgan fingerprint density at radius 1 is 0.946 bits per heavy atom. The summed E-state index contributed by atoms with van der Waals surface area (Å²) in [6.07, 6.45) is 5.61. The monoisotopic (exact) mass is 776 g/mol. The third-order valence-corrected chi connectivity index (χ3v) is 12.5. The summed E-state index contributed by atoms with van der Waals surface area (Å²) >= 11 is 1.48. The Morgan fingerprint density at radius 2 is 1.75 bits per heavy atom. The minimum absolute atomic E-state index is 0.0375. The number of aliphatic hydroxyl groups is 1. The normalized spacial score (nSPS) is 17.9. The topological polar surface area (TPSA) is 144 Å². The van der Waals surface area contributed by atoms with Crippen LogP contribution in [0.3, 0.4) is 0 Å². The molecule has 5 N–H and O–H groups in total. The molecule has 0 saturated carbocycles. The van der Waals surface area contributed by atoms with Crippen molar-refractivity contribution in [3.63, 3.8) is 0 Å². The highest BCUT2D eigenvalue weighted by Gasteiger charge is 2.46. The highest BCUT2D eigenvalue weighted by atomic mass is 32.1. The molecule has 5 aromatic rings. The number of esters is 1. The first-order valence-corrected chi connectivity index (χ1v) is 20.7. The van der Waals surface area contributed by atoms with Crippen molar-refractivity contribution in [2.75, 3.05) is 32.8 Å². The third kappa shape index (κ3) is 9.47. The minimum Gasteiger partial charge on any atom is -0.506 e. The van der Waals surface area contributed by atoms with Gasteiger partial charge >= 0.3 is 5.97 Å². The number of benzene rings is 3. The Kier molecular flexibility index (Phi) is 13.1. The number of aryl methyl sites for hydroxylation is 1. The van der Waals surface area contributed by atoms with Gasteiger partial charge < -0.3 is 25.3 Å². The maximum absolute atomic E-state index is 14.0. The number of ether oxygens (including phenoxy) is 1. The maximum Gasteiger partial charge on any atom is 0.331 e. The number of likely N-dealkylation sites (tertiary alicyclic amines) is 1. The molecule has 0 spiro atoms. The summed E-state index contributed by atoms with van der Waals surface area (Å²) in [7, 11) is 0. The van der Waals surface area contributed by atoms with E-state index in [9.17, 15) is 24.6 Å². The average Bonchev–Trinajstić information content (AvgIpc) is 3.86. The van der Waals surface area contributed by atoms with Crippen LogP contribution in [0.5, 0.6) is 5.75 Å². The number of aromatic nitrogens is 1. The Labute approximate surface area is 331 Å². The number of nitrogens with zero attached hydrogens (tertiary/aromatic N) is 1. The molecule has 3 heterocycles. The number of hydrogen-bond acceptors (Lipinski definition) is 10. The molecule has 2 aromatic heterocycles. The fourth-order valence-electron chi connectivity index (χ4n) is 8.14. The standard InChI is InChI=1S/C45H52N4O6S/c50-38(13-5-2-8-24-46-28-40(52)35-15-17-39(51)43-36(35)16-19-42(53)48-43)41-18-14-34(56-41)27-47-45(23-20-33-11-6-7-12-37(33)45)44(54)55-30-32-21-25-49(26-22-32)29-31-9-3-1-4-10-31/h1,3-4,6-7,9-12,14-19,32,40,46-47,51-52H,2,5,8,13,20-30H2,(H,48,53)/t40-,45?/m0/s1. The summed E-state index contributed by atoms with van der Waals surface area (Å²) in [6, 6.07) is 28.7. The maximum atomic E-state index is 14.0. The lowest BCUT2D eigenvalue weighted by Gasteiger charge is -2.33. The van der Waals surface area contributed by atoms with Crippen LogP contribution in [0.1, 0.15) is 87.9 Å². The molecule has 1 aliphatic carbocycles. The van der Waals surface area contributed by atoms with Gasteiger partial charge in [-0.1, -0.05) is 67.1 Å². The number of nitrogens with one attached hydrogen (secondary N) is 3. The molecule has 0 amide bonds. The van der Waals surface area contributed by atoms with E-state index in [-0.39, 0.29) is 23.1 Å². The highest BCUT2D eigenvalue weighted by Crippen LogP contribution is 2.39. The van der Waals surface area contributed by atoms with Crippen LogP contribution in [0.15, 0.2) is 95.8 Å². The van der Waals surface area contributed by atoms with Crippen LogP contribution in [0, 0.1) is 5.92 Å². The zero-order valence-electron chi connectivity index (χ0n) is 31.8. The Morgan fingerprint density at radius 3 is 2.59 bits per heavy atom. The van der Waals surface area contributed by atoms with Crippen LogP contribution < -0.4 is 16.2 Å². The van der Waals surface area contributed by atoms with Gasteiger partial charge in [0.25, 0.3) is 0 Å². The Bertz CT molecular complexity index is 2160. The summed E-state index contributed by atoms with van der Waals surface area (Å²) < 4.78 is 6.14. The number of pyridine rings is 1. The fourth-order valence-corrected chi connectivity index (χ4v) is 9.06. The van der Waals surface area contributed by atoms with Crippen molar-refractivity contribution < 1.29 is 24.5 Å². The molecule has 2 aliphatic rings. The molecule has 1 unspecified atom stereocenters. The van der Waals surface area contributed by atoms with Gasteiger partial charge in [-0.05, 0) is 111 Å². The van der Waals surface area contributed by atoms with Gasteiger partial charge in [-0.3, -0.25) is 19.8 Å². The number of carbonyl (C=O) groups is 2. The largest absolute Gasteiger partial charge is 0.506 e. The van der Waals surface area contributed by atoms with Crippen LogP contribution in [0.2, 0.25) is 0 Å². The van der Waals surface area contributed by atoms with Gasteiger partial charge in [-0.25, -0.2) is 4.79 Å². The second-order valence-corrected chi connectivity index (χ2v) is 16.4. The molecule has 11 heteroatoms. The summed E-state index contributed by atoms with van der Waals surface area (Å²) in [5, 5.41) is 28.4. The van der Waals surface area contributed by atoms with Crippen molar-refractivity contribution in [1.29, 1.82) is 0 Å². The number of ketones is 1. The minimum atomic E-state index is -0.916. The molecule has 10 nitrogen and oxygen atoms in total. The number of aromatic hydroxyl groups is 1. The Balaban J connectivity index is 0.846. The lowest BCUT2D eigenvalue weighted by atomic mass is 9.91. The molecule has 1 saturated heterocycles. The number of hydrogen-bond donors (Lipinski definition) is 5. The van der Waals surface area contributed by atoms with Crippen LogP contribution in [-0.4, -0.2) is 64.6 Å². The zero-order valence-corrected chi connectivity index (χ0v) is 32.6. The number of H-pyrrole nitrogens is 1. The average molecular weight is 777 g/mol. The van der Waals surface area contributed by atoms with Crippen molar-refractivity contribution in [2.45, 2.75) is 76.1 Å². The summed E-state index contributed by atoms with van der Waals surface area (Å²) in [4.78, 5) is 45.7. The van der Waals surface area contributed by atoms with E-state index in [2.05, 4.69) is 50.8 Å². The third-order valence-electron chi connectivity index (χ3n) is 11.4. The number of Topliss-reactive ketones (excluding diaryl/α,β-unsaturated/α-hetero) is 1. The SMILES string of the molecule is O=C(CCCCCNC[C@H](O)c1ccc(O)c2[nH]c(=O)ccc12)c1ccc(CNC2(C(=O)OCC3CCN(Cc4ccccc4)CC3)CCc3ccccc32)s1. The number of phenolic OH excluding ortho intramolecular Hbond substituents is 1. The number of piperidine rings is 1. The van der Waals surface area contributed by atoms with E-state index in [4.69, 9.17) is 4.74 Å². The molecule has 0 radical (unpaired) electrons. The van der Waals surface area contributed by atoms with Crippen molar-refractivity contribution in [1.82, 2.24) is 20.5 Å². The number of unbranched alkanes of at least 4 members (excludes halogenated alkanes) is 2. The molecule has 56 heavy (non-hydrogen) atoms. The number of carbonyl (C=O) groups excluding carboxylic acids is 2. The molecule has 2 atom stereocenters. The Hall–Kier alpha value is -4.65. The number of fused-ring (bicyclic) bond motifs is 2. The van der Waals surface area contributed by atoms with Crippen molar-refractivity contribution in [3.8, 4) is 5.75 Å². The van der Waals surface area contributed by atoms with Crippen LogP contribution in [0.4, 0.5) is 0 Å². The summed E-state index contributed by atoms with van der Waals surface area (Å²) in [5.74, 6) is 0.223. The number of aliphatic hydroxyl groups excluding tert-OH is 1. The van der Waals surface area contributed by atoms with Crippen LogP contribution in [-0.2, 0) is 34.6 Å². The van der Waals surface area contributed by atoms with Gasteiger partial charge in [0.1, 0.15) is 11.3 Å². The van der Waals surface area contributed by atoms with Crippen molar-refractivity contribution in [3.05, 3.63) is 133 Å². The van der Waals surface area contributed by atoms with E-state index in [1.807, 2.05) is 36.4 Å². The van der Waals surface area contributed by atoms with Gasteiger partial charge in [-0.15, -0.1) is 11.3 Å². The number of phenols is 1. The lowest BCUT2D eigenvalue weighted by Crippen LogP contribution is -2.48. The van der Waals surface area contributed by atoms with Crippen LogP contribution in [0.25, 0.3) is 10.9 Å². The van der Waals surface area contributed by atoms with E-state index < -0.39 is 11.6 Å². The van der Waals surface area contributed by atoms with E-state index in [0.29, 0.717) is 61.5 Å². The van der Waals surface area contributed by atoms with E-state index in [1.54, 1.807) is 12.1 Å². The molecule has 7 rings (SSSR count). The smallest absolute Gasteiger partial charge is 0.331 e. The highest BCUT2D eigenvalue weighted by molar-refractivity contribution is 7.14. The molecule has 3 aromatic carbocycles. The van der Waals surface area contributed by atoms with Gasteiger partial charge in [0, 0.05) is 42.4 Å². The van der Waals surface area contributed by atoms with Crippen molar-refractivity contribution in [2.24, 2.45) is 5.92 Å². The van der Waals surface area contributed by atoms with Gasteiger partial charge in [0.05, 0.1) is 23.1 Å². The lowest BCUT2D eigenvalue weighted by molar-refractivity contribution is -0.154. The molecular weight excluding hydrogens is 725 g/mol. The van der Waals surface area contributed by atoms with Gasteiger partial charge in [0.15, 0.2) is 5.78 Å². The molecule has 294 valence electrons. The number of thiophene rings is 1.